The van der Waals surface area contributed by atoms with Crippen molar-refractivity contribution in [1.82, 2.24) is 0 Å². The van der Waals surface area contributed by atoms with Gasteiger partial charge in [0.2, 0.25) is 0 Å². The van der Waals surface area contributed by atoms with Gasteiger partial charge in [0.25, 0.3) is 0 Å². The number of hydrogen-bond acceptors (Lipinski definition) is 4. The molecular formula is C13H20ClNO3. The molecule has 0 aromatic heterocycles. The molecule has 1 atom stereocenters. The Bertz CT molecular complexity index is 336. The monoisotopic (exact) mass is 273 g/mol. The first-order valence-corrected chi connectivity index (χ1v) is 6.43. The van der Waals surface area contributed by atoms with Crippen LogP contribution in [0, 0.1) is 0 Å². The van der Waals surface area contributed by atoms with Crippen LogP contribution in [0.4, 0.5) is 5.69 Å². The van der Waals surface area contributed by atoms with Gasteiger partial charge in [-0.2, -0.15) is 0 Å². The lowest BCUT2D eigenvalue weighted by Gasteiger charge is -2.14. The number of hydrogen-bond donors (Lipinski definition) is 2. The molecule has 0 aliphatic rings. The summed E-state index contributed by atoms with van der Waals surface area (Å²) in [5, 5.41) is 13.4. The minimum Gasteiger partial charge on any atom is -0.389 e. The number of rotatable bonds is 9. The molecule has 0 radical (unpaired) electrons. The van der Waals surface area contributed by atoms with Gasteiger partial charge in [-0.05, 0) is 19.1 Å². The first kappa shape index (κ1) is 15.2. The van der Waals surface area contributed by atoms with Crippen LogP contribution in [0.5, 0.6) is 0 Å². The van der Waals surface area contributed by atoms with Gasteiger partial charge in [0.15, 0.2) is 0 Å². The number of nitrogens with one attached hydrogen (secondary N) is 1. The van der Waals surface area contributed by atoms with Crippen molar-refractivity contribution in [3.05, 3.63) is 29.3 Å². The molecular weight excluding hydrogens is 254 g/mol. The highest BCUT2D eigenvalue weighted by Gasteiger charge is 2.05. The van der Waals surface area contributed by atoms with Gasteiger partial charge in [-0.25, -0.2) is 0 Å². The Morgan fingerprint density at radius 3 is 2.72 bits per heavy atom. The van der Waals surface area contributed by atoms with E-state index in [1.165, 1.54) is 0 Å². The fourth-order valence-electron chi connectivity index (χ4n) is 1.37. The topological polar surface area (TPSA) is 50.7 Å². The molecule has 0 saturated carbocycles. The third-order valence-corrected chi connectivity index (χ3v) is 2.62. The number of benzene rings is 1. The number of para-hydroxylation sites is 1. The largest absolute Gasteiger partial charge is 0.389 e. The Hall–Kier alpha value is -0.810. The summed E-state index contributed by atoms with van der Waals surface area (Å²) in [7, 11) is 0. The van der Waals surface area contributed by atoms with Gasteiger partial charge in [-0.1, -0.05) is 23.7 Å². The second kappa shape index (κ2) is 9.16. The Balaban J connectivity index is 2.13. The molecule has 4 nitrogen and oxygen atoms in total. The maximum absolute atomic E-state index is 9.69. The maximum Gasteiger partial charge on any atom is 0.0945 e. The molecule has 0 bridgehead atoms. The third kappa shape index (κ3) is 6.21. The molecule has 1 rings (SSSR count). The summed E-state index contributed by atoms with van der Waals surface area (Å²) in [5.74, 6) is 0. The SMILES string of the molecule is CCOCCOCC(O)CNc1ccccc1Cl. The maximum atomic E-state index is 9.69. The van der Waals surface area contributed by atoms with Gasteiger partial charge in [0.05, 0.1) is 36.6 Å². The van der Waals surface area contributed by atoms with Gasteiger partial charge in [-0.15, -0.1) is 0 Å². The van der Waals surface area contributed by atoms with E-state index >= 15 is 0 Å². The second-order valence-corrected chi connectivity index (χ2v) is 4.19. The van der Waals surface area contributed by atoms with Crippen molar-refractivity contribution in [3.8, 4) is 0 Å². The van der Waals surface area contributed by atoms with Crippen LogP contribution in [0.25, 0.3) is 0 Å². The Kier molecular flexibility index (Phi) is 7.76. The number of ether oxygens (including phenoxy) is 2. The minimum atomic E-state index is -0.567. The quantitative estimate of drug-likeness (QED) is 0.677. The average molecular weight is 274 g/mol. The molecule has 1 aromatic rings. The van der Waals surface area contributed by atoms with Gasteiger partial charge in [0.1, 0.15) is 0 Å². The van der Waals surface area contributed by atoms with Crippen molar-refractivity contribution in [1.29, 1.82) is 0 Å². The van der Waals surface area contributed by atoms with E-state index in [0.717, 1.165) is 5.69 Å². The standard InChI is InChI=1S/C13H20ClNO3/c1-2-17-7-8-18-10-11(16)9-15-13-6-4-3-5-12(13)14/h3-6,11,15-16H,2,7-10H2,1H3. The van der Waals surface area contributed by atoms with Crippen LogP contribution < -0.4 is 5.32 Å². The lowest BCUT2D eigenvalue weighted by atomic mass is 10.3. The molecule has 1 aromatic carbocycles. The molecule has 0 fully saturated rings. The fourth-order valence-corrected chi connectivity index (χ4v) is 1.58. The van der Waals surface area contributed by atoms with Gasteiger partial charge in [0, 0.05) is 13.2 Å². The van der Waals surface area contributed by atoms with Crippen LogP contribution in [-0.4, -0.2) is 44.2 Å². The summed E-state index contributed by atoms with van der Waals surface area (Å²) in [6.45, 7) is 4.35. The molecule has 102 valence electrons. The molecule has 0 aliphatic carbocycles. The molecule has 0 spiro atoms. The Morgan fingerprint density at radius 2 is 2.00 bits per heavy atom. The Labute approximate surface area is 113 Å². The number of aliphatic hydroxyl groups is 1. The van der Waals surface area contributed by atoms with Crippen LogP contribution in [-0.2, 0) is 9.47 Å². The summed E-state index contributed by atoms with van der Waals surface area (Å²) in [6.07, 6.45) is -0.567. The van der Waals surface area contributed by atoms with Crippen LogP contribution in [0.3, 0.4) is 0 Å². The van der Waals surface area contributed by atoms with E-state index in [2.05, 4.69) is 5.32 Å². The predicted octanol–water partition coefficient (Wildman–Crippen LogP) is 2.17. The van der Waals surface area contributed by atoms with Crippen molar-refractivity contribution >= 4 is 17.3 Å². The van der Waals surface area contributed by atoms with Crippen molar-refractivity contribution in [2.75, 3.05) is 38.3 Å². The summed E-state index contributed by atoms with van der Waals surface area (Å²) < 4.78 is 10.4. The summed E-state index contributed by atoms with van der Waals surface area (Å²) in [6, 6.07) is 7.42. The van der Waals surface area contributed by atoms with Crippen molar-refractivity contribution in [3.63, 3.8) is 0 Å². The molecule has 0 saturated heterocycles. The van der Waals surface area contributed by atoms with Crippen molar-refractivity contribution in [2.24, 2.45) is 0 Å². The summed E-state index contributed by atoms with van der Waals surface area (Å²) >= 11 is 5.98. The molecule has 5 heteroatoms. The van der Waals surface area contributed by atoms with Crippen LogP contribution in [0.2, 0.25) is 5.02 Å². The number of aliphatic hydroxyl groups excluding tert-OH is 1. The first-order valence-electron chi connectivity index (χ1n) is 6.06. The fraction of sp³-hybridized carbons (Fsp3) is 0.538. The van der Waals surface area contributed by atoms with E-state index in [4.69, 9.17) is 21.1 Å². The predicted molar refractivity (Wildman–Crippen MR) is 73.3 cm³/mol. The van der Waals surface area contributed by atoms with E-state index in [9.17, 15) is 5.11 Å². The highest BCUT2D eigenvalue weighted by Crippen LogP contribution is 2.20. The zero-order chi connectivity index (χ0) is 13.2. The minimum absolute atomic E-state index is 0.282. The number of halogens is 1. The van der Waals surface area contributed by atoms with Gasteiger partial charge in [-0.3, -0.25) is 0 Å². The zero-order valence-corrected chi connectivity index (χ0v) is 11.3. The second-order valence-electron chi connectivity index (χ2n) is 3.79. The summed E-state index contributed by atoms with van der Waals surface area (Å²) in [5.41, 5.74) is 0.813. The van der Waals surface area contributed by atoms with Crippen LogP contribution in [0.1, 0.15) is 6.92 Å². The van der Waals surface area contributed by atoms with Crippen LogP contribution in [0.15, 0.2) is 24.3 Å². The van der Waals surface area contributed by atoms with Crippen molar-refractivity contribution in [2.45, 2.75) is 13.0 Å². The lowest BCUT2D eigenvalue weighted by Crippen LogP contribution is -2.25. The molecule has 1 unspecified atom stereocenters. The molecule has 0 amide bonds. The van der Waals surface area contributed by atoms with E-state index in [1.54, 1.807) is 6.07 Å². The first-order chi connectivity index (χ1) is 8.74. The molecule has 0 aliphatic heterocycles. The molecule has 2 N–H and O–H groups in total. The normalized spacial score (nSPS) is 12.4. The van der Waals surface area contributed by atoms with Crippen molar-refractivity contribution < 1.29 is 14.6 Å². The van der Waals surface area contributed by atoms with E-state index < -0.39 is 6.10 Å². The van der Waals surface area contributed by atoms with Gasteiger partial charge < -0.3 is 19.9 Å². The summed E-state index contributed by atoms with van der Waals surface area (Å²) in [4.78, 5) is 0. The highest BCUT2D eigenvalue weighted by atomic mass is 35.5. The van der Waals surface area contributed by atoms with Gasteiger partial charge >= 0.3 is 0 Å². The highest BCUT2D eigenvalue weighted by molar-refractivity contribution is 6.33. The molecule has 18 heavy (non-hydrogen) atoms. The Morgan fingerprint density at radius 1 is 1.28 bits per heavy atom. The van der Waals surface area contributed by atoms with E-state index in [1.807, 2.05) is 25.1 Å². The van der Waals surface area contributed by atoms with E-state index in [-0.39, 0.29) is 6.61 Å². The van der Waals surface area contributed by atoms with E-state index in [0.29, 0.717) is 31.4 Å². The van der Waals surface area contributed by atoms with Crippen LogP contribution >= 0.6 is 11.6 Å². The third-order valence-electron chi connectivity index (χ3n) is 2.29. The number of anilines is 1. The lowest BCUT2D eigenvalue weighted by molar-refractivity contribution is 0.0103. The smallest absolute Gasteiger partial charge is 0.0945 e. The zero-order valence-electron chi connectivity index (χ0n) is 10.6. The molecule has 0 heterocycles. The average Bonchev–Trinajstić information content (AvgIpc) is 2.37.